The zero-order valence-electron chi connectivity index (χ0n) is 18.7. The zero-order chi connectivity index (χ0) is 22.5. The third-order valence-electron chi connectivity index (χ3n) is 6.17. The Kier molecular flexibility index (Phi) is 4.77. The van der Waals surface area contributed by atoms with Crippen molar-refractivity contribution in [2.75, 3.05) is 6.79 Å². The van der Waals surface area contributed by atoms with Gasteiger partial charge in [0.2, 0.25) is 12.7 Å². The molecule has 3 heterocycles. The minimum Gasteiger partial charge on any atom is -0.454 e. The summed E-state index contributed by atoms with van der Waals surface area (Å²) in [5.74, 6) is 1.43. The first-order valence-electron chi connectivity index (χ1n) is 10.8. The molecule has 4 aromatic rings. The summed E-state index contributed by atoms with van der Waals surface area (Å²) in [5.41, 5.74) is 5.21. The molecular weight excluding hydrogens is 404 g/mol. The normalized spacial score (nSPS) is 13.1. The van der Waals surface area contributed by atoms with E-state index in [4.69, 9.17) is 19.6 Å². The van der Waals surface area contributed by atoms with Crippen molar-refractivity contribution < 1.29 is 14.3 Å². The summed E-state index contributed by atoms with van der Waals surface area (Å²) in [5, 5.41) is 8.89. The van der Waals surface area contributed by atoms with Gasteiger partial charge in [0.1, 0.15) is 0 Å². The van der Waals surface area contributed by atoms with Gasteiger partial charge in [0.05, 0.1) is 11.1 Å². The highest BCUT2D eigenvalue weighted by Crippen LogP contribution is 2.35. The first-order chi connectivity index (χ1) is 15.3. The maximum absolute atomic E-state index is 12.9. The average molecular weight is 431 g/mol. The van der Waals surface area contributed by atoms with Gasteiger partial charge in [0.15, 0.2) is 17.1 Å². The van der Waals surface area contributed by atoms with Crippen molar-refractivity contribution >= 4 is 22.5 Å². The van der Waals surface area contributed by atoms with Gasteiger partial charge in [-0.15, -0.1) is 0 Å². The lowest BCUT2D eigenvalue weighted by Gasteiger charge is -2.27. The molecule has 7 nitrogen and oxygen atoms in total. The van der Waals surface area contributed by atoms with E-state index in [0.717, 1.165) is 44.8 Å². The van der Waals surface area contributed by atoms with Crippen molar-refractivity contribution in [1.82, 2.24) is 19.9 Å². The summed E-state index contributed by atoms with van der Waals surface area (Å²) in [6.07, 6.45) is 0.962. The Morgan fingerprint density at radius 2 is 1.91 bits per heavy atom. The van der Waals surface area contributed by atoms with Crippen molar-refractivity contribution in [2.45, 2.75) is 46.1 Å². The number of carbonyl (C=O) groups excluding carboxylic acids is 1. The zero-order valence-corrected chi connectivity index (χ0v) is 18.7. The Morgan fingerprint density at radius 1 is 1.12 bits per heavy atom. The summed E-state index contributed by atoms with van der Waals surface area (Å²) in [6.45, 7) is 8.24. The highest BCUT2D eigenvalue weighted by Gasteiger charge is 2.26. The van der Waals surface area contributed by atoms with E-state index in [1.165, 1.54) is 0 Å². The fourth-order valence-corrected chi connectivity index (χ4v) is 4.35. The number of aromatic nitrogens is 3. The molecule has 164 valence electrons. The van der Waals surface area contributed by atoms with Crippen molar-refractivity contribution in [3.05, 3.63) is 65.0 Å². The summed E-state index contributed by atoms with van der Waals surface area (Å²) >= 11 is 0. The SMILES string of the molecule is Cc1nc2c3ccccc3nn2c(C)c1CCC(=O)NC(C)(C)c1ccc2c(c1)OCO2. The fraction of sp³-hybridized carbons (Fsp3) is 0.320. The quantitative estimate of drug-likeness (QED) is 0.513. The molecule has 32 heavy (non-hydrogen) atoms. The second-order valence-electron chi connectivity index (χ2n) is 8.75. The van der Waals surface area contributed by atoms with E-state index >= 15 is 0 Å². The number of amides is 1. The largest absolute Gasteiger partial charge is 0.454 e. The van der Waals surface area contributed by atoms with Gasteiger partial charge in [-0.2, -0.15) is 5.10 Å². The third kappa shape index (κ3) is 3.43. The molecule has 0 saturated heterocycles. The third-order valence-corrected chi connectivity index (χ3v) is 6.17. The maximum atomic E-state index is 12.9. The van der Waals surface area contributed by atoms with Gasteiger partial charge in [-0.3, -0.25) is 4.79 Å². The molecular formula is C25H26N4O3. The molecule has 0 unspecified atom stereocenters. The molecule has 0 atom stereocenters. The molecule has 5 rings (SSSR count). The van der Waals surface area contributed by atoms with Crippen LogP contribution in [0.2, 0.25) is 0 Å². The standard InChI is InChI=1S/C25H26N4O3/c1-15-18(16(2)29-24(26-15)19-7-5-6-8-20(19)28-29)10-12-23(30)27-25(3,4)17-9-11-21-22(13-17)32-14-31-21/h5-9,11,13H,10,12,14H2,1-4H3,(H,27,30). The van der Waals surface area contributed by atoms with E-state index < -0.39 is 5.54 Å². The Labute approximate surface area is 186 Å². The molecule has 0 bridgehead atoms. The molecule has 1 aliphatic heterocycles. The number of fused-ring (bicyclic) bond motifs is 4. The first-order valence-corrected chi connectivity index (χ1v) is 10.8. The molecule has 0 saturated carbocycles. The van der Waals surface area contributed by atoms with Crippen LogP contribution < -0.4 is 14.8 Å². The van der Waals surface area contributed by atoms with Crippen LogP contribution in [0.5, 0.6) is 11.5 Å². The number of carbonyl (C=O) groups is 1. The number of aryl methyl sites for hydroxylation is 2. The highest BCUT2D eigenvalue weighted by molar-refractivity contribution is 5.92. The minimum absolute atomic E-state index is 0.0165. The van der Waals surface area contributed by atoms with Gasteiger partial charge < -0.3 is 14.8 Å². The van der Waals surface area contributed by atoms with Crippen LogP contribution in [0.3, 0.4) is 0 Å². The number of ether oxygens (including phenoxy) is 2. The molecule has 0 fully saturated rings. The minimum atomic E-state index is -0.538. The topological polar surface area (TPSA) is 77.8 Å². The number of rotatable bonds is 5. The van der Waals surface area contributed by atoms with E-state index in [0.29, 0.717) is 18.6 Å². The number of nitrogens with one attached hydrogen (secondary N) is 1. The van der Waals surface area contributed by atoms with Crippen LogP contribution in [-0.4, -0.2) is 27.3 Å². The van der Waals surface area contributed by atoms with Crippen LogP contribution in [0, 0.1) is 13.8 Å². The van der Waals surface area contributed by atoms with E-state index in [9.17, 15) is 4.79 Å². The van der Waals surface area contributed by atoms with Gasteiger partial charge in [-0.1, -0.05) is 18.2 Å². The lowest BCUT2D eigenvalue weighted by atomic mass is 9.93. The molecule has 1 amide bonds. The number of benzene rings is 2. The first kappa shape index (κ1) is 20.3. The Hall–Kier alpha value is -3.61. The van der Waals surface area contributed by atoms with Crippen molar-refractivity contribution in [3.63, 3.8) is 0 Å². The Balaban J connectivity index is 1.34. The van der Waals surface area contributed by atoms with Crippen molar-refractivity contribution in [1.29, 1.82) is 0 Å². The van der Waals surface area contributed by atoms with Gasteiger partial charge in [0, 0.05) is 23.2 Å². The molecule has 0 aliphatic carbocycles. The van der Waals surface area contributed by atoms with Crippen LogP contribution in [0.25, 0.3) is 16.6 Å². The maximum Gasteiger partial charge on any atom is 0.231 e. The second-order valence-corrected chi connectivity index (χ2v) is 8.75. The molecule has 7 heteroatoms. The molecule has 2 aromatic carbocycles. The van der Waals surface area contributed by atoms with E-state index in [-0.39, 0.29) is 12.7 Å². The van der Waals surface area contributed by atoms with Gasteiger partial charge in [-0.05, 0) is 69.5 Å². The van der Waals surface area contributed by atoms with Crippen LogP contribution >= 0.6 is 0 Å². The number of hydrogen-bond donors (Lipinski definition) is 1. The fourth-order valence-electron chi connectivity index (χ4n) is 4.35. The van der Waals surface area contributed by atoms with Gasteiger partial charge in [-0.25, -0.2) is 9.50 Å². The van der Waals surface area contributed by atoms with Gasteiger partial charge in [0.25, 0.3) is 0 Å². The predicted molar refractivity (Wildman–Crippen MR) is 122 cm³/mol. The Bertz CT molecular complexity index is 1360. The molecule has 1 N–H and O–H groups in total. The van der Waals surface area contributed by atoms with Crippen molar-refractivity contribution in [3.8, 4) is 11.5 Å². The average Bonchev–Trinajstić information content (AvgIpc) is 3.37. The summed E-state index contributed by atoms with van der Waals surface area (Å²) in [6, 6.07) is 13.8. The highest BCUT2D eigenvalue weighted by atomic mass is 16.7. The van der Waals surface area contributed by atoms with Crippen LogP contribution in [0.4, 0.5) is 0 Å². The second kappa shape index (κ2) is 7.51. The van der Waals surface area contributed by atoms with Crippen LogP contribution in [0.15, 0.2) is 42.5 Å². The molecule has 0 spiro atoms. The van der Waals surface area contributed by atoms with Crippen molar-refractivity contribution in [2.24, 2.45) is 0 Å². The van der Waals surface area contributed by atoms with Crippen LogP contribution in [-0.2, 0) is 16.8 Å². The predicted octanol–water partition coefficient (Wildman–Crippen LogP) is 4.21. The van der Waals surface area contributed by atoms with Crippen LogP contribution in [0.1, 0.15) is 42.8 Å². The van der Waals surface area contributed by atoms with E-state index in [1.54, 1.807) is 0 Å². The summed E-state index contributed by atoms with van der Waals surface area (Å²) in [4.78, 5) is 17.7. The Morgan fingerprint density at radius 3 is 2.75 bits per heavy atom. The van der Waals surface area contributed by atoms with E-state index in [2.05, 4.69) is 5.32 Å². The van der Waals surface area contributed by atoms with Gasteiger partial charge >= 0.3 is 0 Å². The lowest BCUT2D eigenvalue weighted by molar-refractivity contribution is -0.122. The summed E-state index contributed by atoms with van der Waals surface area (Å²) in [7, 11) is 0. The molecule has 2 aromatic heterocycles. The monoisotopic (exact) mass is 430 g/mol. The smallest absolute Gasteiger partial charge is 0.231 e. The number of hydrogen-bond acceptors (Lipinski definition) is 5. The summed E-state index contributed by atoms with van der Waals surface area (Å²) < 4.78 is 12.8. The lowest BCUT2D eigenvalue weighted by Crippen LogP contribution is -2.41. The van der Waals surface area contributed by atoms with E-state index in [1.807, 2.05) is 74.7 Å². The molecule has 1 aliphatic rings. The molecule has 0 radical (unpaired) electrons. The number of nitrogens with zero attached hydrogens (tertiary/aromatic N) is 3.